The number of carbonyl (C=O) groups is 2. The molecule has 1 unspecified atom stereocenters. The Kier molecular flexibility index (Phi) is 5.80. The number of aromatic nitrogens is 3. The van der Waals surface area contributed by atoms with Gasteiger partial charge >= 0.3 is 5.97 Å². The second kappa shape index (κ2) is 8.36. The largest absolute Gasteiger partial charge is 0.479 e. The van der Waals surface area contributed by atoms with Crippen LogP contribution >= 0.6 is 34.9 Å². The molecule has 3 heterocycles. The van der Waals surface area contributed by atoms with Crippen LogP contribution in [0.2, 0.25) is 0 Å². The van der Waals surface area contributed by atoms with Crippen molar-refractivity contribution in [1.29, 1.82) is 0 Å². The minimum atomic E-state index is -1.28. The molecule has 3 N–H and O–H groups in total. The maximum Gasteiger partial charge on any atom is 0.332 e. The second-order valence-electron chi connectivity index (χ2n) is 6.68. The molecule has 156 valence electrons. The van der Waals surface area contributed by atoms with Crippen molar-refractivity contribution in [2.75, 3.05) is 16.8 Å². The van der Waals surface area contributed by atoms with Crippen molar-refractivity contribution >= 4 is 67.8 Å². The second-order valence-corrected chi connectivity index (χ2v) is 9.93. The van der Waals surface area contributed by atoms with Gasteiger partial charge in [-0.2, -0.15) is 0 Å². The summed E-state index contributed by atoms with van der Waals surface area (Å²) >= 11 is 4.04. The van der Waals surface area contributed by atoms with Crippen LogP contribution < -0.4 is 5.32 Å². The molecule has 1 amide bonds. The maximum absolute atomic E-state index is 13.4. The standard InChI is InChI=1S/C18H16FN5O3S3/c1-9(25)20-16-23-24-17(30-16)28-7-14-22-18(8-29-14,15(26)27)6-12-4-10-2-3-11(19)5-13(10)21-12/h2-5,21H,6-8H2,1H3,(H,26,27)(H,20,23,25). The molecule has 0 radical (unpaired) electrons. The van der Waals surface area contributed by atoms with Crippen LogP contribution in [-0.4, -0.2) is 54.3 Å². The number of thioether (sulfide) groups is 2. The summed E-state index contributed by atoms with van der Waals surface area (Å²) in [6.45, 7) is 1.40. The van der Waals surface area contributed by atoms with Crippen molar-refractivity contribution in [2.45, 2.75) is 23.2 Å². The Morgan fingerprint density at radius 3 is 2.97 bits per heavy atom. The molecule has 1 aliphatic heterocycles. The molecule has 0 spiro atoms. The van der Waals surface area contributed by atoms with Gasteiger partial charge in [-0.1, -0.05) is 23.1 Å². The zero-order valence-corrected chi connectivity index (χ0v) is 18.1. The van der Waals surface area contributed by atoms with Gasteiger partial charge < -0.3 is 15.4 Å². The highest BCUT2D eigenvalue weighted by molar-refractivity contribution is 8.16. The molecule has 0 aliphatic carbocycles. The number of rotatable bonds is 7. The predicted molar refractivity (Wildman–Crippen MR) is 117 cm³/mol. The van der Waals surface area contributed by atoms with Gasteiger partial charge in [0.15, 0.2) is 9.88 Å². The average Bonchev–Trinajstić information content (AvgIpc) is 3.38. The predicted octanol–water partition coefficient (Wildman–Crippen LogP) is 3.42. The van der Waals surface area contributed by atoms with Gasteiger partial charge in [-0.25, -0.2) is 9.18 Å². The van der Waals surface area contributed by atoms with E-state index in [0.29, 0.717) is 37.2 Å². The van der Waals surface area contributed by atoms with Crippen LogP contribution in [0.25, 0.3) is 10.9 Å². The molecule has 4 rings (SSSR count). The van der Waals surface area contributed by atoms with E-state index >= 15 is 0 Å². The van der Waals surface area contributed by atoms with Crippen LogP contribution in [0.3, 0.4) is 0 Å². The van der Waals surface area contributed by atoms with Gasteiger partial charge in [0, 0.05) is 36.1 Å². The summed E-state index contributed by atoms with van der Waals surface area (Å²) in [5.74, 6) is -0.786. The van der Waals surface area contributed by atoms with E-state index in [2.05, 4.69) is 25.5 Å². The van der Waals surface area contributed by atoms with E-state index in [4.69, 9.17) is 0 Å². The highest BCUT2D eigenvalue weighted by Crippen LogP contribution is 2.35. The Bertz CT molecular complexity index is 1160. The quantitative estimate of drug-likeness (QED) is 0.361. The number of carbonyl (C=O) groups excluding carboxylic acids is 1. The Balaban J connectivity index is 1.47. The molecule has 3 aromatic rings. The number of carboxylic acids is 1. The van der Waals surface area contributed by atoms with Gasteiger partial charge in [0.05, 0.1) is 5.04 Å². The zero-order valence-electron chi connectivity index (χ0n) is 15.6. The number of benzene rings is 1. The molecule has 1 aromatic carbocycles. The van der Waals surface area contributed by atoms with Gasteiger partial charge in [-0.15, -0.1) is 22.0 Å². The lowest BCUT2D eigenvalue weighted by Gasteiger charge is -2.19. The van der Waals surface area contributed by atoms with Crippen LogP contribution in [-0.2, 0) is 16.0 Å². The number of aromatic amines is 1. The molecule has 0 saturated carbocycles. The molecule has 8 nitrogen and oxygen atoms in total. The molecule has 0 bridgehead atoms. The summed E-state index contributed by atoms with van der Waals surface area (Å²) < 4.78 is 14.1. The number of H-pyrrole nitrogens is 1. The first kappa shape index (κ1) is 20.8. The van der Waals surface area contributed by atoms with E-state index in [9.17, 15) is 19.1 Å². The van der Waals surface area contributed by atoms with Gasteiger partial charge in [0.25, 0.3) is 0 Å². The first-order valence-corrected chi connectivity index (χ1v) is 11.6. The third kappa shape index (κ3) is 4.50. The van der Waals surface area contributed by atoms with Gasteiger partial charge in [-0.3, -0.25) is 9.79 Å². The number of halogens is 1. The molecule has 0 fully saturated rings. The number of hydrogen-bond acceptors (Lipinski definition) is 8. The van der Waals surface area contributed by atoms with Crippen molar-refractivity contribution in [2.24, 2.45) is 4.99 Å². The lowest BCUT2D eigenvalue weighted by atomic mass is 9.96. The fourth-order valence-corrected chi connectivity index (χ4v) is 6.05. The minimum absolute atomic E-state index is 0.186. The highest BCUT2D eigenvalue weighted by atomic mass is 32.2. The number of carboxylic acid groups (broad SMARTS) is 1. The van der Waals surface area contributed by atoms with Crippen LogP contribution in [0.5, 0.6) is 0 Å². The number of fused-ring (bicyclic) bond motifs is 1. The van der Waals surface area contributed by atoms with Crippen molar-refractivity contribution in [3.63, 3.8) is 0 Å². The fourth-order valence-electron chi connectivity index (χ4n) is 3.02. The lowest BCUT2D eigenvalue weighted by Crippen LogP contribution is -2.39. The summed E-state index contributed by atoms with van der Waals surface area (Å²) in [6, 6.07) is 6.25. The minimum Gasteiger partial charge on any atom is -0.479 e. The van der Waals surface area contributed by atoms with Gasteiger partial charge in [-0.05, 0) is 29.7 Å². The molecular formula is C18H16FN5O3S3. The number of hydrogen-bond donors (Lipinski definition) is 3. The van der Waals surface area contributed by atoms with E-state index in [0.717, 1.165) is 5.39 Å². The van der Waals surface area contributed by atoms with Crippen LogP contribution in [0.15, 0.2) is 33.6 Å². The van der Waals surface area contributed by atoms with E-state index < -0.39 is 11.5 Å². The summed E-state index contributed by atoms with van der Waals surface area (Å²) in [5, 5.41) is 22.3. The third-order valence-electron chi connectivity index (χ3n) is 4.35. The number of aliphatic imine (C=N–C) groups is 1. The highest BCUT2D eigenvalue weighted by Gasteiger charge is 2.43. The molecule has 12 heteroatoms. The summed E-state index contributed by atoms with van der Waals surface area (Å²) in [5.41, 5.74) is 0.0464. The Labute approximate surface area is 182 Å². The van der Waals surface area contributed by atoms with Crippen molar-refractivity contribution in [1.82, 2.24) is 15.2 Å². The molecule has 1 aliphatic rings. The van der Waals surface area contributed by atoms with Gasteiger partial charge in [0.1, 0.15) is 5.82 Å². The average molecular weight is 466 g/mol. The third-order valence-corrected chi connectivity index (χ3v) is 7.70. The van der Waals surface area contributed by atoms with Crippen molar-refractivity contribution in [3.8, 4) is 0 Å². The van der Waals surface area contributed by atoms with E-state index in [1.165, 1.54) is 53.9 Å². The Morgan fingerprint density at radius 1 is 1.37 bits per heavy atom. The fraction of sp³-hybridized carbons (Fsp3) is 0.278. The maximum atomic E-state index is 13.4. The van der Waals surface area contributed by atoms with E-state index in [1.54, 1.807) is 6.07 Å². The monoisotopic (exact) mass is 465 g/mol. The summed E-state index contributed by atoms with van der Waals surface area (Å²) in [6.07, 6.45) is 0.186. The van der Waals surface area contributed by atoms with E-state index in [1.807, 2.05) is 6.07 Å². The van der Waals surface area contributed by atoms with Crippen LogP contribution in [0.1, 0.15) is 12.6 Å². The topological polar surface area (TPSA) is 120 Å². The van der Waals surface area contributed by atoms with E-state index in [-0.39, 0.29) is 18.1 Å². The molecule has 1 atom stereocenters. The lowest BCUT2D eigenvalue weighted by molar-refractivity contribution is -0.142. The summed E-state index contributed by atoms with van der Waals surface area (Å²) in [4.78, 5) is 30.8. The molecule has 30 heavy (non-hydrogen) atoms. The number of amides is 1. The Morgan fingerprint density at radius 2 is 2.20 bits per heavy atom. The Hall–Kier alpha value is -2.44. The zero-order chi connectivity index (χ0) is 21.3. The molecular weight excluding hydrogens is 449 g/mol. The number of nitrogens with one attached hydrogen (secondary N) is 2. The molecule has 0 saturated heterocycles. The van der Waals surface area contributed by atoms with Crippen molar-refractivity contribution in [3.05, 3.63) is 35.8 Å². The van der Waals surface area contributed by atoms with Gasteiger partial charge in [0.2, 0.25) is 11.0 Å². The molecule has 2 aromatic heterocycles. The first-order chi connectivity index (χ1) is 14.3. The smallest absolute Gasteiger partial charge is 0.332 e. The normalized spacial score (nSPS) is 18.5. The summed E-state index contributed by atoms with van der Waals surface area (Å²) in [7, 11) is 0. The number of nitrogens with zero attached hydrogens (tertiary/aromatic N) is 3. The van der Waals surface area contributed by atoms with Crippen LogP contribution in [0, 0.1) is 5.82 Å². The van der Waals surface area contributed by atoms with Crippen molar-refractivity contribution < 1.29 is 19.1 Å². The number of aliphatic carboxylic acids is 1. The number of anilines is 1. The first-order valence-electron chi connectivity index (χ1n) is 8.79. The van der Waals surface area contributed by atoms with Crippen LogP contribution in [0.4, 0.5) is 9.52 Å². The SMILES string of the molecule is CC(=O)Nc1nnc(SCC2=NC(Cc3cc4ccc(F)cc4[nH]3)(C(=O)O)CS2)s1.